The molecular weight excluding hydrogens is 262 g/mol. The normalized spacial score (nSPS) is 29.9. The van der Waals surface area contributed by atoms with Gasteiger partial charge in [-0.2, -0.15) is 5.26 Å². The Morgan fingerprint density at radius 1 is 1.19 bits per heavy atom. The largest absolute Gasteiger partial charge is 0.393 e. The van der Waals surface area contributed by atoms with Crippen LogP contribution in [0.25, 0.3) is 0 Å². The molecule has 21 heavy (non-hydrogen) atoms. The molecule has 3 atom stereocenters. The van der Waals surface area contributed by atoms with Crippen LogP contribution in [0.2, 0.25) is 0 Å². The predicted octanol–water partition coefficient (Wildman–Crippen LogP) is 2.86. The Hall–Kier alpha value is -1.60. The van der Waals surface area contributed by atoms with Gasteiger partial charge in [0.05, 0.1) is 11.7 Å². The summed E-state index contributed by atoms with van der Waals surface area (Å²) in [5.41, 5.74) is 0.648. The molecule has 1 saturated heterocycles. The Labute approximate surface area is 126 Å². The monoisotopic (exact) mass is 285 g/mol. The summed E-state index contributed by atoms with van der Waals surface area (Å²) in [7, 11) is 0. The number of nitrogens with zero attached hydrogens (tertiary/aromatic N) is 3. The fourth-order valence-corrected chi connectivity index (χ4v) is 3.97. The van der Waals surface area contributed by atoms with Crippen molar-refractivity contribution in [2.24, 2.45) is 5.92 Å². The molecule has 1 saturated carbocycles. The predicted molar refractivity (Wildman–Crippen MR) is 81.9 cm³/mol. The number of anilines is 1. The van der Waals surface area contributed by atoms with Crippen LogP contribution >= 0.6 is 0 Å². The Balaban J connectivity index is 1.89. The molecule has 1 aliphatic heterocycles. The van der Waals surface area contributed by atoms with Gasteiger partial charge in [0.1, 0.15) is 11.9 Å². The molecule has 1 aromatic rings. The van der Waals surface area contributed by atoms with E-state index in [0.29, 0.717) is 17.5 Å². The van der Waals surface area contributed by atoms with Gasteiger partial charge in [0, 0.05) is 24.7 Å². The van der Waals surface area contributed by atoms with E-state index in [1.165, 1.54) is 12.8 Å². The van der Waals surface area contributed by atoms with E-state index in [0.717, 1.165) is 44.5 Å². The van der Waals surface area contributed by atoms with Gasteiger partial charge < -0.3 is 10.0 Å². The quantitative estimate of drug-likeness (QED) is 0.907. The molecule has 1 aromatic heterocycles. The highest BCUT2D eigenvalue weighted by Gasteiger charge is 2.36. The molecule has 0 radical (unpaired) electrons. The Morgan fingerprint density at radius 2 is 2.00 bits per heavy atom. The standard InChI is InChI=1S/C17H23N3O/c18-12-13-6-5-10-19-17(13)20-11-4-3-8-15(20)14-7-1-2-9-16(14)21/h5-6,10,14-16,21H,1-4,7-9,11H2. The Kier molecular flexibility index (Phi) is 4.40. The van der Waals surface area contributed by atoms with Crippen molar-refractivity contribution in [1.29, 1.82) is 5.26 Å². The smallest absolute Gasteiger partial charge is 0.146 e. The molecule has 2 fully saturated rings. The number of nitriles is 1. The highest BCUT2D eigenvalue weighted by molar-refractivity contribution is 5.54. The van der Waals surface area contributed by atoms with Crippen LogP contribution in [-0.4, -0.2) is 28.8 Å². The molecule has 0 spiro atoms. The van der Waals surface area contributed by atoms with Crippen molar-refractivity contribution in [1.82, 2.24) is 4.98 Å². The van der Waals surface area contributed by atoms with Gasteiger partial charge in [-0.05, 0) is 44.2 Å². The Bertz CT molecular complexity index is 525. The highest BCUT2D eigenvalue weighted by Crippen LogP contribution is 2.36. The molecule has 3 unspecified atom stereocenters. The fraction of sp³-hybridized carbons (Fsp3) is 0.647. The van der Waals surface area contributed by atoms with Crippen LogP contribution in [0, 0.1) is 17.2 Å². The lowest BCUT2D eigenvalue weighted by Crippen LogP contribution is -2.49. The van der Waals surface area contributed by atoms with Gasteiger partial charge in [0.15, 0.2) is 0 Å². The summed E-state index contributed by atoms with van der Waals surface area (Å²) in [5.74, 6) is 1.13. The van der Waals surface area contributed by atoms with Crippen LogP contribution in [-0.2, 0) is 0 Å². The molecule has 0 amide bonds. The zero-order valence-electron chi connectivity index (χ0n) is 12.4. The second-order valence-corrected chi connectivity index (χ2v) is 6.26. The molecule has 4 heteroatoms. The van der Waals surface area contributed by atoms with Crippen LogP contribution in [0.3, 0.4) is 0 Å². The lowest BCUT2D eigenvalue weighted by atomic mass is 9.78. The maximum atomic E-state index is 10.4. The number of pyridine rings is 1. The third-order valence-corrected chi connectivity index (χ3v) is 5.00. The van der Waals surface area contributed by atoms with Crippen LogP contribution in [0.5, 0.6) is 0 Å². The van der Waals surface area contributed by atoms with E-state index in [1.807, 2.05) is 12.1 Å². The van der Waals surface area contributed by atoms with E-state index in [1.54, 1.807) is 6.20 Å². The minimum absolute atomic E-state index is 0.196. The van der Waals surface area contributed by atoms with Crippen LogP contribution < -0.4 is 4.90 Å². The summed E-state index contributed by atoms with van der Waals surface area (Å²) in [6.07, 6.45) is 9.37. The third-order valence-electron chi connectivity index (χ3n) is 5.00. The van der Waals surface area contributed by atoms with Gasteiger partial charge in [-0.25, -0.2) is 4.98 Å². The first-order valence-electron chi connectivity index (χ1n) is 8.11. The summed E-state index contributed by atoms with van der Waals surface area (Å²) in [6, 6.07) is 6.25. The maximum absolute atomic E-state index is 10.4. The average Bonchev–Trinajstić information content (AvgIpc) is 2.55. The SMILES string of the molecule is N#Cc1cccnc1N1CCCCC1C1CCCCC1O. The second kappa shape index (κ2) is 6.44. The summed E-state index contributed by atoms with van der Waals surface area (Å²) in [5, 5.41) is 19.7. The van der Waals surface area contributed by atoms with Gasteiger partial charge in [0.2, 0.25) is 0 Å². The van der Waals surface area contributed by atoms with Crippen LogP contribution in [0.1, 0.15) is 50.5 Å². The van der Waals surface area contributed by atoms with Crippen LogP contribution in [0.15, 0.2) is 18.3 Å². The van der Waals surface area contributed by atoms with Gasteiger partial charge in [-0.1, -0.05) is 12.8 Å². The third kappa shape index (κ3) is 2.89. The topological polar surface area (TPSA) is 60.2 Å². The summed E-state index contributed by atoms with van der Waals surface area (Å²) in [6.45, 7) is 0.944. The van der Waals surface area contributed by atoms with Crippen molar-refractivity contribution in [3.63, 3.8) is 0 Å². The van der Waals surface area contributed by atoms with Crippen molar-refractivity contribution in [3.8, 4) is 6.07 Å². The average molecular weight is 285 g/mol. The number of rotatable bonds is 2. The minimum Gasteiger partial charge on any atom is -0.393 e. The van der Waals surface area contributed by atoms with E-state index >= 15 is 0 Å². The molecule has 1 N–H and O–H groups in total. The lowest BCUT2D eigenvalue weighted by Gasteiger charge is -2.44. The molecule has 112 valence electrons. The zero-order chi connectivity index (χ0) is 14.7. The molecule has 0 bridgehead atoms. The van der Waals surface area contributed by atoms with Gasteiger partial charge >= 0.3 is 0 Å². The summed E-state index contributed by atoms with van der Waals surface area (Å²) < 4.78 is 0. The van der Waals surface area contributed by atoms with E-state index in [4.69, 9.17) is 0 Å². The van der Waals surface area contributed by atoms with E-state index in [9.17, 15) is 10.4 Å². The summed E-state index contributed by atoms with van der Waals surface area (Å²) in [4.78, 5) is 6.76. The van der Waals surface area contributed by atoms with Crippen molar-refractivity contribution >= 4 is 5.82 Å². The first-order valence-corrected chi connectivity index (χ1v) is 8.11. The highest BCUT2D eigenvalue weighted by atomic mass is 16.3. The van der Waals surface area contributed by atoms with Crippen molar-refractivity contribution in [2.75, 3.05) is 11.4 Å². The number of aliphatic hydroxyl groups is 1. The second-order valence-electron chi connectivity index (χ2n) is 6.26. The van der Waals surface area contributed by atoms with E-state index in [2.05, 4.69) is 16.0 Å². The first kappa shape index (κ1) is 14.3. The molecule has 3 rings (SSSR count). The lowest BCUT2D eigenvalue weighted by molar-refractivity contribution is 0.0492. The molecule has 1 aliphatic carbocycles. The molecule has 2 aliphatic rings. The zero-order valence-corrected chi connectivity index (χ0v) is 12.4. The number of hydrogen-bond acceptors (Lipinski definition) is 4. The van der Waals surface area contributed by atoms with E-state index in [-0.39, 0.29) is 6.10 Å². The molecular formula is C17H23N3O. The van der Waals surface area contributed by atoms with Gasteiger partial charge in [0.25, 0.3) is 0 Å². The first-order chi connectivity index (χ1) is 10.3. The fourth-order valence-electron chi connectivity index (χ4n) is 3.97. The van der Waals surface area contributed by atoms with E-state index < -0.39 is 0 Å². The molecule has 4 nitrogen and oxygen atoms in total. The number of hydrogen-bond donors (Lipinski definition) is 1. The Morgan fingerprint density at radius 3 is 2.81 bits per heavy atom. The van der Waals surface area contributed by atoms with Crippen molar-refractivity contribution in [2.45, 2.75) is 57.1 Å². The van der Waals surface area contributed by atoms with Crippen LogP contribution in [0.4, 0.5) is 5.82 Å². The number of piperidine rings is 1. The van der Waals surface area contributed by atoms with Gasteiger partial charge in [-0.3, -0.25) is 0 Å². The summed E-state index contributed by atoms with van der Waals surface area (Å²) >= 11 is 0. The molecule has 0 aromatic carbocycles. The number of aromatic nitrogens is 1. The van der Waals surface area contributed by atoms with Crippen molar-refractivity contribution in [3.05, 3.63) is 23.9 Å². The van der Waals surface area contributed by atoms with Gasteiger partial charge in [-0.15, -0.1) is 0 Å². The maximum Gasteiger partial charge on any atom is 0.146 e. The number of aliphatic hydroxyl groups excluding tert-OH is 1. The minimum atomic E-state index is -0.196. The van der Waals surface area contributed by atoms with Crippen molar-refractivity contribution < 1.29 is 5.11 Å². The molecule has 2 heterocycles.